The highest BCUT2D eigenvalue weighted by molar-refractivity contribution is 6.31. The summed E-state index contributed by atoms with van der Waals surface area (Å²) in [7, 11) is 4.10. The van der Waals surface area contributed by atoms with Crippen LogP contribution in [0.15, 0.2) is 48.5 Å². The molecule has 0 amide bonds. The minimum atomic E-state index is -0.384. The molecule has 0 radical (unpaired) electrons. The van der Waals surface area contributed by atoms with Gasteiger partial charge in [-0.1, -0.05) is 41.9 Å². The van der Waals surface area contributed by atoms with Gasteiger partial charge in [0.2, 0.25) is 0 Å². The van der Waals surface area contributed by atoms with E-state index in [2.05, 4.69) is 43.0 Å². The Morgan fingerprint density at radius 2 is 1.77 bits per heavy atom. The number of hydrogen-bond acceptors (Lipinski definition) is 2. The third-order valence-electron chi connectivity index (χ3n) is 3.59. The van der Waals surface area contributed by atoms with Gasteiger partial charge in [-0.15, -0.1) is 0 Å². The normalized spacial score (nSPS) is 12.5. The number of benzene rings is 2. The van der Waals surface area contributed by atoms with Gasteiger partial charge in [0, 0.05) is 24.8 Å². The highest BCUT2D eigenvalue weighted by Gasteiger charge is 2.17. The molecular formula is C18H22ClFN2. The van der Waals surface area contributed by atoms with E-state index < -0.39 is 0 Å². The van der Waals surface area contributed by atoms with Crippen LogP contribution in [0, 0.1) is 5.82 Å². The fourth-order valence-electron chi connectivity index (χ4n) is 2.57. The summed E-state index contributed by atoms with van der Waals surface area (Å²) in [6.45, 7) is 3.83. The van der Waals surface area contributed by atoms with E-state index in [9.17, 15) is 4.39 Å². The fraction of sp³-hybridized carbons (Fsp3) is 0.333. The van der Waals surface area contributed by atoms with Crippen LogP contribution >= 0.6 is 11.6 Å². The van der Waals surface area contributed by atoms with Gasteiger partial charge in [0.15, 0.2) is 0 Å². The van der Waals surface area contributed by atoms with E-state index in [0.29, 0.717) is 0 Å². The Labute approximate surface area is 137 Å². The molecule has 118 valence electrons. The molecule has 0 heterocycles. The van der Waals surface area contributed by atoms with E-state index in [1.165, 1.54) is 11.6 Å². The van der Waals surface area contributed by atoms with Crippen LogP contribution in [0.25, 0.3) is 0 Å². The number of anilines is 1. The first-order valence-corrected chi connectivity index (χ1v) is 7.75. The summed E-state index contributed by atoms with van der Waals surface area (Å²) in [5, 5.41) is 0.160. The minimum absolute atomic E-state index is 0.160. The van der Waals surface area contributed by atoms with Crippen molar-refractivity contribution in [1.82, 2.24) is 4.90 Å². The molecule has 0 aromatic heterocycles. The molecule has 0 aliphatic rings. The Kier molecular flexibility index (Phi) is 5.81. The second-order valence-electron chi connectivity index (χ2n) is 5.82. The molecule has 0 fully saturated rings. The molecule has 0 bridgehead atoms. The Morgan fingerprint density at radius 1 is 1.09 bits per heavy atom. The maximum absolute atomic E-state index is 13.4. The molecular weight excluding hydrogens is 299 g/mol. The molecule has 22 heavy (non-hydrogen) atoms. The standard InChI is InChI=1S/C18H22ClFN2/c1-14(12-21(2)3)22(13-15-7-5-4-6-8-15)16-9-10-18(20)17(19)11-16/h4-11,14H,12-13H2,1-3H3. The van der Waals surface area contributed by atoms with E-state index in [1.807, 2.05) is 18.2 Å². The first-order chi connectivity index (χ1) is 10.5. The van der Waals surface area contributed by atoms with Crippen LogP contribution in [0.2, 0.25) is 5.02 Å². The van der Waals surface area contributed by atoms with Crippen LogP contribution in [0.4, 0.5) is 10.1 Å². The summed E-state index contributed by atoms with van der Waals surface area (Å²) in [5.41, 5.74) is 2.15. The van der Waals surface area contributed by atoms with E-state index in [0.717, 1.165) is 18.8 Å². The van der Waals surface area contributed by atoms with Crippen LogP contribution in [0.3, 0.4) is 0 Å². The first-order valence-electron chi connectivity index (χ1n) is 7.37. The Balaban J connectivity index is 2.29. The van der Waals surface area contributed by atoms with Gasteiger partial charge >= 0.3 is 0 Å². The SMILES string of the molecule is CC(CN(C)C)N(Cc1ccccc1)c1ccc(F)c(Cl)c1. The van der Waals surface area contributed by atoms with Gasteiger partial charge in [0.25, 0.3) is 0 Å². The van der Waals surface area contributed by atoms with Gasteiger partial charge < -0.3 is 9.80 Å². The van der Waals surface area contributed by atoms with Crippen molar-refractivity contribution in [3.05, 3.63) is 64.9 Å². The number of rotatable bonds is 6. The topological polar surface area (TPSA) is 6.48 Å². The summed E-state index contributed by atoms with van der Waals surface area (Å²) < 4.78 is 13.4. The minimum Gasteiger partial charge on any atom is -0.363 e. The van der Waals surface area contributed by atoms with Crippen molar-refractivity contribution < 1.29 is 4.39 Å². The van der Waals surface area contributed by atoms with Gasteiger partial charge in [-0.05, 0) is 44.8 Å². The van der Waals surface area contributed by atoms with Gasteiger partial charge in [-0.3, -0.25) is 0 Å². The van der Waals surface area contributed by atoms with Crippen molar-refractivity contribution in [2.45, 2.75) is 19.5 Å². The maximum Gasteiger partial charge on any atom is 0.141 e. The number of nitrogens with zero attached hydrogens (tertiary/aromatic N) is 2. The van der Waals surface area contributed by atoms with Crippen molar-refractivity contribution in [3.63, 3.8) is 0 Å². The monoisotopic (exact) mass is 320 g/mol. The van der Waals surface area contributed by atoms with Crippen molar-refractivity contribution in [3.8, 4) is 0 Å². The predicted octanol–water partition coefficient (Wildman–Crippen LogP) is 4.44. The smallest absolute Gasteiger partial charge is 0.141 e. The van der Waals surface area contributed by atoms with Crippen LogP contribution < -0.4 is 4.90 Å². The molecule has 0 aliphatic heterocycles. The lowest BCUT2D eigenvalue weighted by Crippen LogP contribution is -2.39. The van der Waals surface area contributed by atoms with Crippen LogP contribution in [0.5, 0.6) is 0 Å². The third kappa shape index (κ3) is 4.46. The molecule has 1 atom stereocenters. The lowest BCUT2D eigenvalue weighted by atomic mass is 10.1. The molecule has 0 aliphatic carbocycles. The summed E-state index contributed by atoms with van der Waals surface area (Å²) in [4.78, 5) is 4.40. The van der Waals surface area contributed by atoms with Crippen LogP contribution in [-0.4, -0.2) is 31.6 Å². The van der Waals surface area contributed by atoms with E-state index in [4.69, 9.17) is 11.6 Å². The van der Waals surface area contributed by atoms with Gasteiger partial charge in [-0.25, -0.2) is 4.39 Å². The second-order valence-corrected chi connectivity index (χ2v) is 6.23. The molecule has 2 rings (SSSR count). The van der Waals surface area contributed by atoms with Crippen LogP contribution in [0.1, 0.15) is 12.5 Å². The van der Waals surface area contributed by atoms with Crippen molar-refractivity contribution in [1.29, 1.82) is 0 Å². The molecule has 4 heteroatoms. The van der Waals surface area contributed by atoms with Gasteiger partial charge in [-0.2, -0.15) is 0 Å². The van der Waals surface area contributed by atoms with Gasteiger partial charge in [0.05, 0.1) is 5.02 Å². The molecule has 0 N–H and O–H groups in total. The van der Waals surface area contributed by atoms with Crippen molar-refractivity contribution >= 4 is 17.3 Å². The fourth-order valence-corrected chi connectivity index (χ4v) is 2.75. The zero-order chi connectivity index (χ0) is 16.1. The molecule has 2 aromatic carbocycles. The van der Waals surface area contributed by atoms with E-state index in [1.54, 1.807) is 12.1 Å². The highest BCUT2D eigenvalue weighted by Crippen LogP contribution is 2.26. The average molecular weight is 321 g/mol. The molecule has 2 aromatic rings. The summed E-state index contributed by atoms with van der Waals surface area (Å²) in [6, 6.07) is 15.5. The van der Waals surface area contributed by atoms with Crippen molar-refractivity contribution in [2.75, 3.05) is 25.5 Å². The summed E-state index contributed by atoms with van der Waals surface area (Å²) in [6.07, 6.45) is 0. The van der Waals surface area contributed by atoms with Crippen molar-refractivity contribution in [2.24, 2.45) is 0 Å². The molecule has 0 saturated carbocycles. The number of hydrogen-bond donors (Lipinski definition) is 0. The largest absolute Gasteiger partial charge is 0.363 e. The summed E-state index contributed by atoms with van der Waals surface area (Å²) >= 11 is 5.96. The third-order valence-corrected chi connectivity index (χ3v) is 3.88. The van der Waals surface area contributed by atoms with Crippen LogP contribution in [-0.2, 0) is 6.54 Å². The van der Waals surface area contributed by atoms with Gasteiger partial charge in [0.1, 0.15) is 5.82 Å². The Hall–Kier alpha value is -1.58. The molecule has 1 unspecified atom stereocenters. The predicted molar refractivity (Wildman–Crippen MR) is 92.1 cm³/mol. The lowest BCUT2D eigenvalue weighted by molar-refractivity contribution is 0.370. The second kappa shape index (κ2) is 7.61. The maximum atomic E-state index is 13.4. The summed E-state index contributed by atoms with van der Waals surface area (Å²) in [5.74, 6) is -0.384. The number of likely N-dealkylation sites (N-methyl/N-ethyl adjacent to an activating group) is 1. The quantitative estimate of drug-likeness (QED) is 0.776. The molecule has 2 nitrogen and oxygen atoms in total. The number of halogens is 2. The van der Waals surface area contributed by atoms with E-state index >= 15 is 0 Å². The lowest BCUT2D eigenvalue weighted by Gasteiger charge is -2.33. The zero-order valence-corrected chi connectivity index (χ0v) is 14.0. The van der Waals surface area contributed by atoms with E-state index in [-0.39, 0.29) is 16.9 Å². The zero-order valence-electron chi connectivity index (χ0n) is 13.3. The molecule has 0 spiro atoms. The highest BCUT2D eigenvalue weighted by atomic mass is 35.5. The Morgan fingerprint density at radius 3 is 2.36 bits per heavy atom. The average Bonchev–Trinajstić information content (AvgIpc) is 2.48. The molecule has 0 saturated heterocycles. The Bertz CT molecular complexity index is 601. The first kappa shape index (κ1) is 16.8.